The number of piperidine rings is 1. The van der Waals surface area contributed by atoms with Gasteiger partial charge >= 0.3 is 6.09 Å². The van der Waals surface area contributed by atoms with Gasteiger partial charge in [0.05, 0.1) is 4.92 Å². The molecule has 0 aliphatic carbocycles. The third kappa shape index (κ3) is 6.50. The predicted molar refractivity (Wildman–Crippen MR) is 140 cm³/mol. The number of hydrogen-bond donors (Lipinski definition) is 0. The molecule has 0 spiro atoms. The van der Waals surface area contributed by atoms with Crippen LogP contribution in [0.4, 0.5) is 10.5 Å². The van der Waals surface area contributed by atoms with Gasteiger partial charge in [-0.05, 0) is 76.3 Å². The van der Waals surface area contributed by atoms with Crippen LogP contribution in [0, 0.1) is 10.1 Å². The van der Waals surface area contributed by atoms with E-state index in [1.807, 2.05) is 65.0 Å². The van der Waals surface area contributed by atoms with Crippen molar-refractivity contribution in [3.63, 3.8) is 0 Å². The van der Waals surface area contributed by atoms with E-state index in [2.05, 4.69) is 0 Å². The molecule has 8 heteroatoms. The molecule has 1 aliphatic heterocycles. The molecular formula is C28H35N3O5. The minimum atomic E-state index is -0.564. The number of nitrogens with zero attached hydrogens (tertiary/aromatic N) is 3. The summed E-state index contributed by atoms with van der Waals surface area (Å²) in [7, 11) is 0. The number of benzene rings is 2. The Morgan fingerprint density at radius 3 is 2.08 bits per heavy atom. The monoisotopic (exact) mass is 493 g/mol. The Balaban J connectivity index is 1.97. The third-order valence-electron chi connectivity index (χ3n) is 6.19. The first-order valence-corrected chi connectivity index (χ1v) is 12.4. The van der Waals surface area contributed by atoms with Crippen LogP contribution in [0.2, 0.25) is 0 Å². The molecule has 2 amide bonds. The van der Waals surface area contributed by atoms with E-state index in [1.54, 1.807) is 21.9 Å². The van der Waals surface area contributed by atoms with Gasteiger partial charge in [-0.3, -0.25) is 14.9 Å². The van der Waals surface area contributed by atoms with E-state index < -0.39 is 10.5 Å². The fourth-order valence-corrected chi connectivity index (χ4v) is 4.36. The van der Waals surface area contributed by atoms with Crippen LogP contribution in [-0.4, -0.2) is 58.5 Å². The number of carbonyl (C=O) groups excluding carboxylic acids is 2. The molecule has 0 saturated carbocycles. The summed E-state index contributed by atoms with van der Waals surface area (Å²) in [6, 6.07) is 14.0. The first-order chi connectivity index (χ1) is 17.0. The number of nitro benzene ring substituents is 1. The van der Waals surface area contributed by atoms with Gasteiger partial charge in [0, 0.05) is 43.9 Å². The minimum Gasteiger partial charge on any atom is -0.444 e. The maximum atomic E-state index is 12.8. The smallest absolute Gasteiger partial charge is 0.410 e. The summed E-state index contributed by atoms with van der Waals surface area (Å²) in [5, 5.41) is 11.5. The molecule has 3 rings (SSSR count). The van der Waals surface area contributed by atoms with Gasteiger partial charge in [-0.1, -0.05) is 29.8 Å². The van der Waals surface area contributed by atoms with E-state index in [1.165, 1.54) is 6.07 Å². The number of likely N-dealkylation sites (tertiary alicyclic amines) is 1. The van der Waals surface area contributed by atoms with Crippen LogP contribution >= 0.6 is 0 Å². The Bertz CT molecular complexity index is 1130. The second-order valence-corrected chi connectivity index (χ2v) is 9.81. The van der Waals surface area contributed by atoms with E-state index in [0.29, 0.717) is 44.6 Å². The van der Waals surface area contributed by atoms with Crippen LogP contribution in [0.3, 0.4) is 0 Å². The summed E-state index contributed by atoms with van der Waals surface area (Å²) in [6.07, 6.45) is 0.909. The highest BCUT2D eigenvalue weighted by molar-refractivity contribution is 5.95. The van der Waals surface area contributed by atoms with Gasteiger partial charge in [0.2, 0.25) is 0 Å². The standard InChI is InChI=1S/C28H35N3O5/c1-6-29(7-2)26(32)22-13-11-20(12-14-22)25(23-9-8-10-24(19-23)31(34)35)21-15-17-30(18-16-21)27(33)36-28(3,4)5/h8-14,19H,6-7,15-18H2,1-5H3. The quantitative estimate of drug-likeness (QED) is 0.368. The van der Waals surface area contributed by atoms with Crippen molar-refractivity contribution in [2.45, 2.75) is 53.1 Å². The van der Waals surface area contributed by atoms with Gasteiger partial charge in [-0.25, -0.2) is 4.79 Å². The molecule has 0 unspecified atom stereocenters. The van der Waals surface area contributed by atoms with Crippen LogP contribution in [0.15, 0.2) is 54.1 Å². The van der Waals surface area contributed by atoms with Crippen LogP contribution < -0.4 is 0 Å². The number of non-ortho nitro benzene ring substituents is 1. The molecule has 8 nitrogen and oxygen atoms in total. The zero-order valence-corrected chi connectivity index (χ0v) is 21.7. The van der Waals surface area contributed by atoms with Gasteiger partial charge in [-0.2, -0.15) is 0 Å². The van der Waals surface area contributed by atoms with Crippen molar-refractivity contribution >= 4 is 23.3 Å². The van der Waals surface area contributed by atoms with Crippen molar-refractivity contribution in [3.05, 3.63) is 80.9 Å². The summed E-state index contributed by atoms with van der Waals surface area (Å²) in [4.78, 5) is 39.8. The average Bonchev–Trinajstić information content (AvgIpc) is 2.85. The van der Waals surface area contributed by atoms with Gasteiger partial charge in [0.15, 0.2) is 0 Å². The van der Waals surface area contributed by atoms with E-state index in [4.69, 9.17) is 4.74 Å². The summed E-state index contributed by atoms with van der Waals surface area (Å²) in [5.41, 5.74) is 3.70. The molecule has 36 heavy (non-hydrogen) atoms. The molecule has 1 aliphatic rings. The first-order valence-electron chi connectivity index (χ1n) is 12.4. The maximum absolute atomic E-state index is 12.8. The Labute approximate surface area is 212 Å². The Morgan fingerprint density at radius 1 is 0.972 bits per heavy atom. The number of ether oxygens (including phenoxy) is 1. The largest absolute Gasteiger partial charge is 0.444 e. The lowest BCUT2D eigenvalue weighted by atomic mass is 9.88. The summed E-state index contributed by atoms with van der Waals surface area (Å²) >= 11 is 0. The molecule has 1 saturated heterocycles. The molecule has 1 fully saturated rings. The van der Waals surface area contributed by atoms with Gasteiger partial charge in [0.1, 0.15) is 5.60 Å². The van der Waals surface area contributed by atoms with Crippen LogP contribution in [0.5, 0.6) is 0 Å². The summed E-state index contributed by atoms with van der Waals surface area (Å²) in [6.45, 7) is 11.7. The van der Waals surface area contributed by atoms with Gasteiger partial charge in [0.25, 0.3) is 11.6 Å². The number of rotatable bonds is 6. The lowest BCUT2D eigenvalue weighted by Crippen LogP contribution is -2.40. The van der Waals surface area contributed by atoms with Crippen LogP contribution in [0.25, 0.3) is 5.57 Å². The Morgan fingerprint density at radius 2 is 1.56 bits per heavy atom. The highest BCUT2D eigenvalue weighted by atomic mass is 16.6. The zero-order chi connectivity index (χ0) is 26.5. The maximum Gasteiger partial charge on any atom is 0.410 e. The lowest BCUT2D eigenvalue weighted by Gasteiger charge is -2.32. The second kappa shape index (κ2) is 11.4. The molecule has 0 aromatic heterocycles. The molecule has 1 heterocycles. The molecule has 0 bridgehead atoms. The normalized spacial score (nSPS) is 13.8. The van der Waals surface area contributed by atoms with Crippen LogP contribution in [0.1, 0.15) is 68.9 Å². The fraction of sp³-hybridized carbons (Fsp3) is 0.429. The van der Waals surface area contributed by atoms with Crippen LogP contribution in [-0.2, 0) is 4.74 Å². The van der Waals surface area contributed by atoms with E-state index >= 15 is 0 Å². The van der Waals surface area contributed by atoms with Crippen molar-refractivity contribution in [1.29, 1.82) is 0 Å². The Kier molecular flexibility index (Phi) is 8.50. The van der Waals surface area contributed by atoms with E-state index in [-0.39, 0.29) is 17.7 Å². The lowest BCUT2D eigenvalue weighted by molar-refractivity contribution is -0.384. The highest BCUT2D eigenvalue weighted by Gasteiger charge is 2.27. The Hall–Kier alpha value is -3.68. The molecule has 2 aromatic rings. The number of nitro groups is 1. The van der Waals surface area contributed by atoms with Crippen molar-refractivity contribution in [2.24, 2.45) is 0 Å². The third-order valence-corrected chi connectivity index (χ3v) is 6.19. The predicted octanol–water partition coefficient (Wildman–Crippen LogP) is 5.91. The number of hydrogen-bond acceptors (Lipinski definition) is 5. The first kappa shape index (κ1) is 26.9. The van der Waals surface area contributed by atoms with Gasteiger partial charge in [-0.15, -0.1) is 0 Å². The van der Waals surface area contributed by atoms with E-state index in [9.17, 15) is 19.7 Å². The van der Waals surface area contributed by atoms with Crippen molar-refractivity contribution in [3.8, 4) is 0 Å². The van der Waals surface area contributed by atoms with E-state index in [0.717, 1.165) is 22.3 Å². The fourth-order valence-electron chi connectivity index (χ4n) is 4.36. The second-order valence-electron chi connectivity index (χ2n) is 9.81. The highest BCUT2D eigenvalue weighted by Crippen LogP contribution is 2.34. The molecule has 192 valence electrons. The number of carbonyl (C=O) groups is 2. The van der Waals surface area contributed by atoms with Crippen molar-refractivity contribution in [1.82, 2.24) is 9.80 Å². The topological polar surface area (TPSA) is 93.0 Å². The zero-order valence-electron chi connectivity index (χ0n) is 21.7. The number of amides is 2. The summed E-state index contributed by atoms with van der Waals surface area (Å²) in [5.74, 6) is -0.0261. The molecule has 0 atom stereocenters. The van der Waals surface area contributed by atoms with Crippen molar-refractivity contribution < 1.29 is 19.2 Å². The minimum absolute atomic E-state index is 0.0186. The SMILES string of the molecule is CCN(CC)C(=O)c1ccc(C(=C2CCN(C(=O)OC(C)(C)C)CC2)c2cccc([N+](=O)[O-])c2)cc1. The molecule has 2 aromatic carbocycles. The molecule has 0 N–H and O–H groups in total. The molecule has 0 radical (unpaired) electrons. The summed E-state index contributed by atoms with van der Waals surface area (Å²) < 4.78 is 5.52. The van der Waals surface area contributed by atoms with Gasteiger partial charge < -0.3 is 14.5 Å². The van der Waals surface area contributed by atoms with Crippen molar-refractivity contribution in [2.75, 3.05) is 26.2 Å². The molecular weight excluding hydrogens is 458 g/mol. The average molecular weight is 494 g/mol.